The van der Waals surface area contributed by atoms with E-state index in [1.807, 2.05) is 0 Å². The van der Waals surface area contributed by atoms with Crippen molar-refractivity contribution in [2.45, 2.75) is 13.0 Å². The summed E-state index contributed by atoms with van der Waals surface area (Å²) < 4.78 is 12.8. The van der Waals surface area contributed by atoms with Crippen LogP contribution in [0.25, 0.3) is 0 Å². The highest BCUT2D eigenvalue weighted by Gasteiger charge is 2.23. The molecule has 0 spiro atoms. The Morgan fingerprint density at radius 1 is 1.28 bits per heavy atom. The topological polar surface area (TPSA) is 96.2 Å². The van der Waals surface area contributed by atoms with E-state index >= 15 is 0 Å². The van der Waals surface area contributed by atoms with Gasteiger partial charge in [0.1, 0.15) is 5.82 Å². The quantitative estimate of drug-likeness (QED) is 0.769. The molecule has 1 aliphatic rings. The predicted octanol–water partition coefficient (Wildman–Crippen LogP) is 1.84. The molecule has 8 heteroatoms. The molecule has 1 aliphatic heterocycles. The van der Waals surface area contributed by atoms with Crippen molar-refractivity contribution in [3.05, 3.63) is 48.0 Å². The summed E-state index contributed by atoms with van der Waals surface area (Å²) in [5, 5.41) is 5.56. The minimum Gasteiger partial charge on any atom is -0.368 e. The van der Waals surface area contributed by atoms with Gasteiger partial charge in [0.05, 0.1) is 0 Å². The first-order valence-corrected chi connectivity index (χ1v) is 8.17. The number of anilines is 2. The Morgan fingerprint density at radius 3 is 2.72 bits per heavy atom. The number of nitrogen functional groups attached to an aromatic ring is 1. The van der Waals surface area contributed by atoms with Crippen LogP contribution in [0.2, 0.25) is 0 Å². The maximum Gasteiger partial charge on any atom is 0.319 e. The fourth-order valence-electron chi connectivity index (χ4n) is 2.87. The third-order valence-corrected chi connectivity index (χ3v) is 4.15. The molecule has 1 saturated heterocycles. The number of nitrogens with two attached hydrogens (primary N) is 1. The molecule has 132 valence electrons. The molecule has 7 nitrogen and oxygen atoms in total. The van der Waals surface area contributed by atoms with Crippen molar-refractivity contribution in [2.24, 2.45) is 5.92 Å². The molecule has 0 saturated carbocycles. The monoisotopic (exact) mass is 344 g/mol. The molecule has 2 heterocycles. The van der Waals surface area contributed by atoms with Gasteiger partial charge >= 0.3 is 6.03 Å². The molecule has 1 fully saturated rings. The number of urea groups is 1. The lowest BCUT2D eigenvalue weighted by Crippen LogP contribution is -2.34. The fourth-order valence-corrected chi connectivity index (χ4v) is 2.87. The summed E-state index contributed by atoms with van der Waals surface area (Å²) in [7, 11) is 0. The largest absolute Gasteiger partial charge is 0.368 e. The van der Waals surface area contributed by atoms with E-state index in [2.05, 4.69) is 25.5 Å². The summed E-state index contributed by atoms with van der Waals surface area (Å²) in [5.74, 6) is 0.344. The van der Waals surface area contributed by atoms with E-state index in [-0.39, 0.29) is 17.8 Å². The number of hydrogen-bond donors (Lipinski definition) is 3. The Kier molecular flexibility index (Phi) is 5.39. The van der Waals surface area contributed by atoms with Gasteiger partial charge in [-0.1, -0.05) is 0 Å². The van der Waals surface area contributed by atoms with E-state index in [1.165, 1.54) is 24.3 Å². The molecule has 0 radical (unpaired) electrons. The first-order valence-electron chi connectivity index (χ1n) is 8.17. The maximum absolute atomic E-state index is 12.8. The second-order valence-corrected chi connectivity index (χ2v) is 6.18. The number of nitrogens with zero attached hydrogens (tertiary/aromatic N) is 3. The molecule has 1 aromatic heterocycles. The first-order chi connectivity index (χ1) is 12.1. The van der Waals surface area contributed by atoms with E-state index in [4.69, 9.17) is 5.73 Å². The molecule has 25 heavy (non-hydrogen) atoms. The number of carbonyl (C=O) groups excluding carboxylic acids is 1. The first kappa shape index (κ1) is 17.1. The van der Waals surface area contributed by atoms with Gasteiger partial charge < -0.3 is 16.4 Å². The van der Waals surface area contributed by atoms with Crippen molar-refractivity contribution in [3.63, 3.8) is 0 Å². The number of likely N-dealkylation sites (tertiary alicyclic amines) is 1. The van der Waals surface area contributed by atoms with Crippen molar-refractivity contribution in [1.29, 1.82) is 0 Å². The highest BCUT2D eigenvalue weighted by Crippen LogP contribution is 2.18. The number of carbonyl (C=O) groups is 1. The molecule has 1 atom stereocenters. The summed E-state index contributed by atoms with van der Waals surface area (Å²) in [6, 6.07) is 5.40. The van der Waals surface area contributed by atoms with E-state index in [0.29, 0.717) is 18.2 Å². The number of aromatic nitrogens is 2. The standard InChI is InChI=1S/C17H21FN6O/c18-14-1-3-15(4-2-14)23-17(25)22-7-12-5-6-24(10-12)11-13-8-20-16(19)21-9-13/h1-4,8-9,12H,5-7,10-11H2,(H2,19,20,21)(H2,22,23,25)/t12-/m1/s1. The molecule has 1 aromatic carbocycles. The van der Waals surface area contributed by atoms with Gasteiger partial charge in [-0.25, -0.2) is 19.2 Å². The number of amides is 2. The summed E-state index contributed by atoms with van der Waals surface area (Å²) >= 11 is 0. The lowest BCUT2D eigenvalue weighted by molar-refractivity contribution is 0.249. The zero-order valence-corrected chi connectivity index (χ0v) is 13.8. The van der Waals surface area contributed by atoms with Crippen LogP contribution < -0.4 is 16.4 Å². The molecule has 2 amide bonds. The Labute approximate surface area is 145 Å². The summed E-state index contributed by atoms with van der Waals surface area (Å²) in [4.78, 5) is 22.2. The van der Waals surface area contributed by atoms with Gasteiger partial charge in [0, 0.05) is 43.3 Å². The summed E-state index contributed by atoms with van der Waals surface area (Å²) in [5.41, 5.74) is 7.08. The number of benzene rings is 1. The van der Waals surface area contributed by atoms with Crippen molar-refractivity contribution < 1.29 is 9.18 Å². The minimum absolute atomic E-state index is 0.277. The Balaban J connectivity index is 1.40. The zero-order valence-electron chi connectivity index (χ0n) is 13.8. The Bertz CT molecular complexity index is 706. The van der Waals surface area contributed by atoms with Crippen LogP contribution in [0.1, 0.15) is 12.0 Å². The lowest BCUT2D eigenvalue weighted by Gasteiger charge is -2.16. The third kappa shape index (κ3) is 5.12. The summed E-state index contributed by atoms with van der Waals surface area (Å²) in [6.07, 6.45) is 4.50. The average molecular weight is 344 g/mol. The van der Waals surface area contributed by atoms with Crippen LogP contribution in [-0.2, 0) is 6.54 Å². The molecular formula is C17H21FN6O. The van der Waals surface area contributed by atoms with E-state index in [1.54, 1.807) is 12.4 Å². The normalized spacial score (nSPS) is 17.4. The fraction of sp³-hybridized carbons (Fsp3) is 0.353. The van der Waals surface area contributed by atoms with Crippen molar-refractivity contribution >= 4 is 17.7 Å². The van der Waals surface area contributed by atoms with Gasteiger partial charge in [-0.15, -0.1) is 0 Å². The zero-order chi connectivity index (χ0) is 17.6. The number of hydrogen-bond acceptors (Lipinski definition) is 5. The van der Waals surface area contributed by atoms with Crippen LogP contribution in [-0.4, -0.2) is 40.5 Å². The van der Waals surface area contributed by atoms with Gasteiger partial charge in [-0.2, -0.15) is 0 Å². The summed E-state index contributed by atoms with van der Waals surface area (Å²) in [6.45, 7) is 3.25. The smallest absolute Gasteiger partial charge is 0.319 e. The van der Waals surface area contributed by atoms with E-state index in [9.17, 15) is 9.18 Å². The SMILES string of the molecule is Nc1ncc(CN2CC[C@H](CNC(=O)Nc3ccc(F)cc3)C2)cn1. The molecular weight excluding hydrogens is 323 g/mol. The molecule has 3 rings (SSSR count). The number of halogens is 1. The molecule has 0 bridgehead atoms. The lowest BCUT2D eigenvalue weighted by atomic mass is 10.1. The minimum atomic E-state index is -0.330. The average Bonchev–Trinajstić information content (AvgIpc) is 3.05. The third-order valence-electron chi connectivity index (χ3n) is 4.15. The predicted molar refractivity (Wildman–Crippen MR) is 93.2 cm³/mol. The Morgan fingerprint density at radius 2 is 2.00 bits per heavy atom. The second kappa shape index (κ2) is 7.89. The van der Waals surface area contributed by atoms with Crippen molar-refractivity contribution in [3.8, 4) is 0 Å². The van der Waals surface area contributed by atoms with Crippen molar-refractivity contribution in [2.75, 3.05) is 30.7 Å². The molecule has 0 unspecified atom stereocenters. The highest BCUT2D eigenvalue weighted by atomic mass is 19.1. The molecule has 0 aliphatic carbocycles. The molecule has 4 N–H and O–H groups in total. The van der Waals surface area contributed by atoms with Gasteiger partial charge in [-0.3, -0.25) is 4.90 Å². The van der Waals surface area contributed by atoms with Crippen LogP contribution in [0, 0.1) is 11.7 Å². The van der Waals surface area contributed by atoms with Crippen LogP contribution in [0.5, 0.6) is 0 Å². The van der Waals surface area contributed by atoms with Gasteiger partial charge in [-0.05, 0) is 43.1 Å². The van der Waals surface area contributed by atoms with Crippen LogP contribution in [0.3, 0.4) is 0 Å². The number of nitrogens with one attached hydrogen (secondary N) is 2. The second-order valence-electron chi connectivity index (χ2n) is 6.18. The van der Waals surface area contributed by atoms with E-state index < -0.39 is 0 Å². The van der Waals surface area contributed by atoms with Gasteiger partial charge in [0.2, 0.25) is 5.95 Å². The van der Waals surface area contributed by atoms with Gasteiger partial charge in [0.25, 0.3) is 0 Å². The maximum atomic E-state index is 12.8. The van der Waals surface area contributed by atoms with Crippen LogP contribution >= 0.6 is 0 Å². The van der Waals surface area contributed by atoms with Crippen molar-refractivity contribution in [1.82, 2.24) is 20.2 Å². The van der Waals surface area contributed by atoms with Crippen LogP contribution in [0.4, 0.5) is 20.8 Å². The highest BCUT2D eigenvalue weighted by molar-refractivity contribution is 5.89. The molecule has 2 aromatic rings. The van der Waals surface area contributed by atoms with Gasteiger partial charge in [0.15, 0.2) is 0 Å². The van der Waals surface area contributed by atoms with E-state index in [0.717, 1.165) is 31.6 Å². The number of rotatable bonds is 5. The van der Waals surface area contributed by atoms with Crippen LogP contribution in [0.15, 0.2) is 36.7 Å². The Hall–Kier alpha value is -2.74.